The van der Waals surface area contributed by atoms with E-state index in [1.807, 2.05) is 30.5 Å². The highest BCUT2D eigenvalue weighted by atomic mass is 32.2. The second kappa shape index (κ2) is 5.53. The smallest absolute Gasteiger partial charge is 0.232 e. The summed E-state index contributed by atoms with van der Waals surface area (Å²) in [5.74, 6) is 0.0559. The molecule has 5 heteroatoms. The van der Waals surface area contributed by atoms with Gasteiger partial charge in [-0.1, -0.05) is 36.4 Å². The minimum Gasteiger partial charge on any atom is -0.314 e. The van der Waals surface area contributed by atoms with Gasteiger partial charge in [-0.3, -0.25) is 4.72 Å². The van der Waals surface area contributed by atoms with E-state index in [1.54, 1.807) is 6.92 Å². The molecule has 0 bridgehead atoms. The summed E-state index contributed by atoms with van der Waals surface area (Å²) in [7, 11) is -3.29. The lowest BCUT2D eigenvalue weighted by atomic mass is 9.94. The first-order valence-corrected chi connectivity index (χ1v) is 9.63. The standard InChI is InChI=1S/C19H18N2O2S/c1-2-24(22,23)20-14-11-12-19-17-8-4-3-7-15(17)16-9-5-6-10-18(16)21(19)13-14/h3-8,10-13,20H,2,9H2,1H3. The molecule has 1 N–H and O–H groups in total. The molecule has 1 aromatic rings. The van der Waals surface area contributed by atoms with Crippen LogP contribution in [0.25, 0.3) is 11.3 Å². The summed E-state index contributed by atoms with van der Waals surface area (Å²) in [6.07, 6.45) is 12.8. The van der Waals surface area contributed by atoms with Gasteiger partial charge < -0.3 is 4.90 Å². The van der Waals surface area contributed by atoms with Gasteiger partial charge in [-0.15, -0.1) is 0 Å². The molecule has 1 aromatic carbocycles. The summed E-state index contributed by atoms with van der Waals surface area (Å²) in [6.45, 7) is 1.63. The number of hydrogen-bond acceptors (Lipinski definition) is 3. The number of nitrogens with one attached hydrogen (secondary N) is 1. The van der Waals surface area contributed by atoms with Crippen molar-refractivity contribution in [1.82, 2.24) is 9.62 Å². The van der Waals surface area contributed by atoms with Crippen molar-refractivity contribution in [2.45, 2.75) is 13.3 Å². The third-order valence-corrected chi connectivity index (χ3v) is 5.72. The summed E-state index contributed by atoms with van der Waals surface area (Å²) in [5, 5.41) is 2.42. The molecule has 0 fully saturated rings. The number of nitrogens with zero attached hydrogens (tertiary/aromatic N) is 1. The number of benzene rings is 1. The third kappa shape index (κ3) is 2.41. The van der Waals surface area contributed by atoms with E-state index >= 15 is 0 Å². The van der Waals surface area contributed by atoms with Gasteiger partial charge in [0, 0.05) is 17.1 Å². The van der Waals surface area contributed by atoms with Crippen LogP contribution in [0.4, 0.5) is 0 Å². The molecular formula is C19H18N2O2S. The molecule has 0 atom stereocenters. The third-order valence-electron chi connectivity index (χ3n) is 4.41. The quantitative estimate of drug-likeness (QED) is 0.908. The molecular weight excluding hydrogens is 320 g/mol. The van der Waals surface area contributed by atoms with Gasteiger partial charge >= 0.3 is 0 Å². The van der Waals surface area contributed by atoms with E-state index in [2.05, 4.69) is 40.0 Å². The lowest BCUT2D eigenvalue weighted by Crippen LogP contribution is -2.41. The van der Waals surface area contributed by atoms with Crippen molar-refractivity contribution in [3.8, 4) is 0 Å². The highest BCUT2D eigenvalue weighted by Gasteiger charge is 2.24. The van der Waals surface area contributed by atoms with Gasteiger partial charge in [-0.2, -0.15) is 0 Å². The predicted octanol–water partition coefficient (Wildman–Crippen LogP) is 1.46. The summed E-state index contributed by atoms with van der Waals surface area (Å²) >= 11 is 0. The van der Waals surface area contributed by atoms with Gasteiger partial charge in [0.1, 0.15) is 0 Å². The van der Waals surface area contributed by atoms with Crippen LogP contribution < -0.4 is 15.2 Å². The number of rotatable bonds is 3. The molecule has 0 aromatic heterocycles. The Morgan fingerprint density at radius 1 is 1.17 bits per heavy atom. The average Bonchev–Trinajstić information content (AvgIpc) is 2.61. The fourth-order valence-corrected chi connectivity index (χ4v) is 3.85. The molecule has 1 aliphatic carbocycles. The first-order chi connectivity index (χ1) is 11.6. The monoisotopic (exact) mass is 338 g/mol. The molecule has 0 spiro atoms. The van der Waals surface area contributed by atoms with Gasteiger partial charge in [0.2, 0.25) is 10.0 Å². The van der Waals surface area contributed by atoms with Gasteiger partial charge in [0.15, 0.2) is 0 Å². The maximum atomic E-state index is 11.9. The number of sulfonamides is 1. The summed E-state index contributed by atoms with van der Waals surface area (Å²) in [5.41, 5.74) is 4.01. The number of hydrogen-bond donors (Lipinski definition) is 1. The zero-order chi connectivity index (χ0) is 16.7. The lowest BCUT2D eigenvalue weighted by molar-refractivity contribution is 0.588. The summed E-state index contributed by atoms with van der Waals surface area (Å²) in [6, 6.07) is 8.35. The first-order valence-electron chi connectivity index (χ1n) is 7.98. The van der Waals surface area contributed by atoms with Crippen LogP contribution in [0.1, 0.15) is 13.3 Å². The van der Waals surface area contributed by atoms with Crippen molar-refractivity contribution in [2.24, 2.45) is 0 Å². The van der Waals surface area contributed by atoms with Crippen LogP contribution in [-0.2, 0) is 10.0 Å². The summed E-state index contributed by atoms with van der Waals surface area (Å²) < 4.78 is 26.4. The van der Waals surface area contributed by atoms with Gasteiger partial charge in [0.05, 0.1) is 17.1 Å². The van der Waals surface area contributed by atoms with E-state index in [4.69, 9.17) is 0 Å². The Morgan fingerprint density at radius 2 is 1.96 bits per heavy atom. The molecule has 24 heavy (non-hydrogen) atoms. The van der Waals surface area contributed by atoms with Crippen molar-refractivity contribution in [3.05, 3.63) is 82.7 Å². The Morgan fingerprint density at radius 3 is 2.75 bits per heavy atom. The molecule has 2 aliphatic heterocycles. The van der Waals surface area contributed by atoms with Crippen LogP contribution in [-0.4, -0.2) is 19.1 Å². The van der Waals surface area contributed by atoms with E-state index in [9.17, 15) is 8.42 Å². The topological polar surface area (TPSA) is 49.4 Å². The highest BCUT2D eigenvalue weighted by molar-refractivity contribution is 7.89. The highest BCUT2D eigenvalue weighted by Crippen LogP contribution is 2.31. The fourth-order valence-electron chi connectivity index (χ4n) is 3.23. The molecule has 4 nitrogen and oxygen atoms in total. The lowest BCUT2D eigenvalue weighted by Gasteiger charge is -2.33. The van der Waals surface area contributed by atoms with Crippen molar-refractivity contribution in [3.63, 3.8) is 0 Å². The second-order valence-corrected chi connectivity index (χ2v) is 7.90. The largest absolute Gasteiger partial charge is 0.314 e. The molecule has 4 rings (SSSR count). The Balaban J connectivity index is 1.91. The minimum absolute atomic E-state index is 0.0559. The van der Waals surface area contributed by atoms with E-state index in [0.717, 1.165) is 17.8 Å². The summed E-state index contributed by atoms with van der Waals surface area (Å²) in [4.78, 5) is 2.08. The van der Waals surface area contributed by atoms with Crippen LogP contribution in [0, 0.1) is 0 Å². The SMILES string of the molecule is CCS(=O)(=O)NC1=CN2C3=CC=CCC3=c3ccccc3=C2C=C1. The van der Waals surface area contributed by atoms with E-state index < -0.39 is 10.0 Å². The molecule has 0 saturated heterocycles. The number of fused-ring (bicyclic) bond motifs is 4. The fraction of sp³-hybridized carbons (Fsp3) is 0.158. The van der Waals surface area contributed by atoms with E-state index in [1.165, 1.54) is 16.0 Å². The number of allylic oxidation sites excluding steroid dienone is 5. The van der Waals surface area contributed by atoms with Gasteiger partial charge in [0.25, 0.3) is 0 Å². The maximum Gasteiger partial charge on any atom is 0.232 e. The zero-order valence-electron chi connectivity index (χ0n) is 13.4. The van der Waals surface area contributed by atoms with Crippen LogP contribution in [0.15, 0.2) is 72.2 Å². The van der Waals surface area contributed by atoms with Crippen molar-refractivity contribution >= 4 is 21.3 Å². The van der Waals surface area contributed by atoms with Crippen LogP contribution in [0.5, 0.6) is 0 Å². The Hall–Kier alpha value is -2.53. The van der Waals surface area contributed by atoms with Crippen LogP contribution >= 0.6 is 0 Å². The van der Waals surface area contributed by atoms with Crippen LogP contribution in [0.3, 0.4) is 0 Å². The molecule has 0 unspecified atom stereocenters. The van der Waals surface area contributed by atoms with E-state index in [-0.39, 0.29) is 5.75 Å². The van der Waals surface area contributed by atoms with Gasteiger partial charge in [-0.25, -0.2) is 8.42 Å². The average molecular weight is 338 g/mol. The molecule has 2 heterocycles. The Kier molecular flexibility index (Phi) is 3.46. The second-order valence-electron chi connectivity index (χ2n) is 5.89. The van der Waals surface area contributed by atoms with Crippen molar-refractivity contribution < 1.29 is 8.42 Å². The molecule has 122 valence electrons. The molecule has 3 aliphatic rings. The Bertz CT molecular complexity index is 1060. The van der Waals surface area contributed by atoms with Crippen molar-refractivity contribution in [1.29, 1.82) is 0 Å². The van der Waals surface area contributed by atoms with Crippen molar-refractivity contribution in [2.75, 3.05) is 5.75 Å². The van der Waals surface area contributed by atoms with Crippen LogP contribution in [0.2, 0.25) is 0 Å². The molecule has 0 radical (unpaired) electrons. The minimum atomic E-state index is -3.29. The normalized spacial score (nSPS) is 18.5. The predicted molar refractivity (Wildman–Crippen MR) is 96.0 cm³/mol. The van der Waals surface area contributed by atoms with Gasteiger partial charge in [-0.05, 0) is 42.4 Å². The molecule has 0 amide bonds. The Labute approximate surface area is 141 Å². The maximum absolute atomic E-state index is 11.9. The molecule has 0 saturated carbocycles. The van der Waals surface area contributed by atoms with E-state index in [0.29, 0.717) is 5.70 Å². The zero-order valence-corrected chi connectivity index (χ0v) is 14.2. The first kappa shape index (κ1) is 15.0.